The number of hydrogen-bond donors (Lipinski definition) is 1. The summed E-state index contributed by atoms with van der Waals surface area (Å²) < 4.78 is 33.5. The molecule has 19 heavy (non-hydrogen) atoms. The first-order chi connectivity index (χ1) is 9.02. The van der Waals surface area contributed by atoms with Crippen LogP contribution in [0.3, 0.4) is 0 Å². The predicted molar refractivity (Wildman–Crippen MR) is 75.6 cm³/mol. The molecular weight excluding hydrogens is 266 g/mol. The third kappa shape index (κ3) is 5.08. The molecule has 0 saturated carbocycles. The Bertz CT molecular complexity index is 499. The Kier molecular flexibility index (Phi) is 6.11. The number of ether oxygens (including phenoxy) is 2. The van der Waals surface area contributed by atoms with Crippen LogP contribution in [0.4, 0.5) is 0 Å². The summed E-state index contributed by atoms with van der Waals surface area (Å²) in [6, 6.07) is 5.47. The van der Waals surface area contributed by atoms with E-state index in [1.54, 1.807) is 26.2 Å². The molecule has 1 rings (SSSR count). The molecule has 0 spiro atoms. The second-order valence-corrected chi connectivity index (χ2v) is 6.56. The van der Waals surface area contributed by atoms with Gasteiger partial charge in [-0.3, -0.25) is 0 Å². The number of nitrogens with one attached hydrogen (secondary N) is 1. The van der Waals surface area contributed by atoms with Crippen LogP contribution in [0.15, 0.2) is 18.2 Å². The summed E-state index contributed by atoms with van der Waals surface area (Å²) in [7, 11) is 0.449. The monoisotopic (exact) mass is 287 g/mol. The van der Waals surface area contributed by atoms with Crippen LogP contribution < -0.4 is 14.8 Å². The van der Waals surface area contributed by atoms with Crippen molar-refractivity contribution in [2.45, 2.75) is 13.5 Å². The van der Waals surface area contributed by atoms with Crippen LogP contribution in [0, 0.1) is 0 Å². The SMILES string of the molecule is CCS(=O)(=O)CCOc1ccc(OC)cc1CNC. The molecule has 0 heterocycles. The lowest BCUT2D eigenvalue weighted by Crippen LogP contribution is -2.16. The smallest absolute Gasteiger partial charge is 0.153 e. The van der Waals surface area contributed by atoms with Crippen molar-refractivity contribution in [2.24, 2.45) is 0 Å². The summed E-state index contributed by atoms with van der Waals surface area (Å²) in [6.07, 6.45) is 0. The lowest BCUT2D eigenvalue weighted by molar-refractivity contribution is 0.335. The van der Waals surface area contributed by atoms with Gasteiger partial charge in [0.05, 0.1) is 12.9 Å². The van der Waals surface area contributed by atoms with Gasteiger partial charge in [0.2, 0.25) is 0 Å². The second-order valence-electron chi connectivity index (χ2n) is 4.09. The molecule has 0 aliphatic rings. The standard InChI is InChI=1S/C13H21NO4S/c1-4-19(15,16)8-7-18-13-6-5-12(17-3)9-11(13)10-14-2/h5-6,9,14H,4,7-8,10H2,1-3H3. The van der Waals surface area contributed by atoms with E-state index in [0.29, 0.717) is 12.3 Å². The molecule has 0 saturated heterocycles. The number of sulfone groups is 1. The van der Waals surface area contributed by atoms with Gasteiger partial charge in [-0.05, 0) is 25.2 Å². The Morgan fingerprint density at radius 2 is 2.05 bits per heavy atom. The lowest BCUT2D eigenvalue weighted by Gasteiger charge is -2.12. The van der Waals surface area contributed by atoms with E-state index in [1.165, 1.54) is 0 Å². The number of rotatable bonds is 8. The molecule has 108 valence electrons. The fraction of sp³-hybridized carbons (Fsp3) is 0.538. The molecule has 0 unspecified atom stereocenters. The van der Waals surface area contributed by atoms with Crippen molar-refractivity contribution < 1.29 is 17.9 Å². The topological polar surface area (TPSA) is 64.6 Å². The third-order valence-corrected chi connectivity index (χ3v) is 4.39. The average molecular weight is 287 g/mol. The van der Waals surface area contributed by atoms with Gasteiger partial charge in [0.1, 0.15) is 18.1 Å². The quantitative estimate of drug-likeness (QED) is 0.779. The van der Waals surface area contributed by atoms with Crippen molar-refractivity contribution in [3.05, 3.63) is 23.8 Å². The van der Waals surface area contributed by atoms with E-state index in [2.05, 4.69) is 5.32 Å². The van der Waals surface area contributed by atoms with Gasteiger partial charge < -0.3 is 14.8 Å². The van der Waals surface area contributed by atoms with Gasteiger partial charge in [-0.2, -0.15) is 0 Å². The van der Waals surface area contributed by atoms with Crippen LogP contribution in [-0.2, 0) is 16.4 Å². The first-order valence-electron chi connectivity index (χ1n) is 6.17. The molecule has 0 aliphatic carbocycles. The second kappa shape index (κ2) is 7.35. The molecule has 5 nitrogen and oxygen atoms in total. The number of methoxy groups -OCH3 is 1. The Morgan fingerprint density at radius 1 is 1.32 bits per heavy atom. The molecule has 0 aromatic heterocycles. The molecule has 0 bridgehead atoms. The zero-order valence-corrected chi connectivity index (χ0v) is 12.4. The molecule has 0 aliphatic heterocycles. The van der Waals surface area contributed by atoms with E-state index in [-0.39, 0.29) is 18.1 Å². The van der Waals surface area contributed by atoms with Crippen molar-refractivity contribution in [2.75, 3.05) is 32.3 Å². The van der Waals surface area contributed by atoms with E-state index in [9.17, 15) is 8.42 Å². The largest absolute Gasteiger partial charge is 0.497 e. The van der Waals surface area contributed by atoms with Crippen molar-refractivity contribution in [1.82, 2.24) is 5.32 Å². The summed E-state index contributed by atoms with van der Waals surface area (Å²) in [5, 5.41) is 3.04. The molecule has 6 heteroatoms. The third-order valence-electron chi connectivity index (χ3n) is 2.73. The predicted octanol–water partition coefficient (Wildman–Crippen LogP) is 1.23. The first-order valence-corrected chi connectivity index (χ1v) is 7.99. The van der Waals surface area contributed by atoms with Crippen molar-refractivity contribution in [1.29, 1.82) is 0 Å². The van der Waals surface area contributed by atoms with Gasteiger partial charge in [-0.15, -0.1) is 0 Å². The molecule has 0 fully saturated rings. The highest BCUT2D eigenvalue weighted by Crippen LogP contribution is 2.24. The molecule has 1 N–H and O–H groups in total. The molecule has 0 radical (unpaired) electrons. The summed E-state index contributed by atoms with van der Waals surface area (Å²) in [6.45, 7) is 2.43. The molecular formula is C13H21NO4S. The normalized spacial score (nSPS) is 11.3. The van der Waals surface area contributed by atoms with E-state index < -0.39 is 9.84 Å². The fourth-order valence-electron chi connectivity index (χ4n) is 1.58. The zero-order valence-electron chi connectivity index (χ0n) is 11.6. The summed E-state index contributed by atoms with van der Waals surface area (Å²) >= 11 is 0. The Hall–Kier alpha value is -1.27. The maximum Gasteiger partial charge on any atom is 0.153 e. The number of hydrogen-bond acceptors (Lipinski definition) is 5. The van der Waals surface area contributed by atoms with Crippen molar-refractivity contribution in [3.63, 3.8) is 0 Å². The van der Waals surface area contributed by atoms with Crippen LogP contribution in [0.2, 0.25) is 0 Å². The van der Waals surface area contributed by atoms with Crippen LogP contribution in [-0.4, -0.2) is 40.7 Å². The highest BCUT2D eigenvalue weighted by Gasteiger charge is 2.09. The summed E-state index contributed by atoms with van der Waals surface area (Å²) in [5.74, 6) is 1.61. The summed E-state index contributed by atoms with van der Waals surface area (Å²) in [5.41, 5.74) is 0.941. The van der Waals surface area contributed by atoms with Gasteiger partial charge in [0.25, 0.3) is 0 Å². The van der Waals surface area contributed by atoms with E-state index >= 15 is 0 Å². The highest BCUT2D eigenvalue weighted by molar-refractivity contribution is 7.91. The van der Waals surface area contributed by atoms with Crippen LogP contribution in [0.1, 0.15) is 12.5 Å². The van der Waals surface area contributed by atoms with Gasteiger partial charge >= 0.3 is 0 Å². The number of benzene rings is 1. The highest BCUT2D eigenvalue weighted by atomic mass is 32.2. The van der Waals surface area contributed by atoms with Gasteiger partial charge in [0, 0.05) is 17.9 Å². The Morgan fingerprint density at radius 3 is 2.63 bits per heavy atom. The maximum absolute atomic E-state index is 11.4. The zero-order chi connectivity index (χ0) is 14.3. The minimum atomic E-state index is -2.99. The van der Waals surface area contributed by atoms with Crippen LogP contribution in [0.5, 0.6) is 11.5 Å². The molecule has 1 aromatic carbocycles. The molecule has 0 atom stereocenters. The maximum atomic E-state index is 11.4. The average Bonchev–Trinajstić information content (AvgIpc) is 2.40. The van der Waals surface area contributed by atoms with Crippen LogP contribution in [0.25, 0.3) is 0 Å². The van der Waals surface area contributed by atoms with Crippen LogP contribution >= 0.6 is 0 Å². The molecule has 0 amide bonds. The minimum absolute atomic E-state index is 0.0362. The van der Waals surface area contributed by atoms with Gasteiger partial charge in [-0.1, -0.05) is 6.92 Å². The van der Waals surface area contributed by atoms with E-state index in [1.807, 2.05) is 13.1 Å². The van der Waals surface area contributed by atoms with E-state index in [4.69, 9.17) is 9.47 Å². The molecule has 1 aromatic rings. The Labute approximate surface area is 114 Å². The van der Waals surface area contributed by atoms with Gasteiger partial charge in [0.15, 0.2) is 9.84 Å². The van der Waals surface area contributed by atoms with Crippen molar-refractivity contribution in [3.8, 4) is 11.5 Å². The van der Waals surface area contributed by atoms with Crippen molar-refractivity contribution >= 4 is 9.84 Å². The Balaban J connectivity index is 2.72. The summed E-state index contributed by atoms with van der Waals surface area (Å²) in [4.78, 5) is 0. The first kappa shape index (κ1) is 15.8. The van der Waals surface area contributed by atoms with Gasteiger partial charge in [-0.25, -0.2) is 8.42 Å². The lowest BCUT2D eigenvalue weighted by atomic mass is 10.2. The minimum Gasteiger partial charge on any atom is -0.497 e. The van der Waals surface area contributed by atoms with E-state index in [0.717, 1.165) is 11.3 Å². The fourth-order valence-corrected chi connectivity index (χ4v) is 2.20.